The summed E-state index contributed by atoms with van der Waals surface area (Å²) >= 11 is 0. The third-order valence-electron chi connectivity index (χ3n) is 3.75. The number of nitrogens with zero attached hydrogens (tertiary/aromatic N) is 1. The highest BCUT2D eigenvalue weighted by Crippen LogP contribution is 2.15. The number of likely N-dealkylation sites (tertiary alicyclic amines) is 1. The SMILES string of the molecule is CNC1CCN(C(=O)Cc2cccc(OC)c2)CC1.Cl. The highest BCUT2D eigenvalue weighted by atomic mass is 35.5. The molecule has 0 unspecified atom stereocenters. The minimum absolute atomic E-state index is 0. The fourth-order valence-corrected chi connectivity index (χ4v) is 2.49. The summed E-state index contributed by atoms with van der Waals surface area (Å²) < 4.78 is 5.18. The van der Waals surface area contributed by atoms with Gasteiger partial charge >= 0.3 is 0 Å². The molecule has 1 saturated heterocycles. The number of ether oxygens (including phenoxy) is 1. The van der Waals surface area contributed by atoms with Crippen molar-refractivity contribution in [1.82, 2.24) is 10.2 Å². The van der Waals surface area contributed by atoms with Gasteiger partial charge in [0.1, 0.15) is 5.75 Å². The van der Waals surface area contributed by atoms with E-state index in [1.807, 2.05) is 36.2 Å². The number of nitrogens with one attached hydrogen (secondary N) is 1. The van der Waals surface area contributed by atoms with E-state index in [-0.39, 0.29) is 18.3 Å². The molecule has 1 aromatic carbocycles. The molecule has 1 aliphatic heterocycles. The zero-order valence-electron chi connectivity index (χ0n) is 12.1. The van der Waals surface area contributed by atoms with Crippen molar-refractivity contribution in [3.63, 3.8) is 0 Å². The highest BCUT2D eigenvalue weighted by Gasteiger charge is 2.21. The number of hydrogen-bond acceptors (Lipinski definition) is 3. The molecule has 1 amide bonds. The Bertz CT molecular complexity index is 432. The van der Waals surface area contributed by atoms with Crippen molar-refractivity contribution in [2.45, 2.75) is 25.3 Å². The maximum atomic E-state index is 12.2. The van der Waals surface area contributed by atoms with E-state index in [0.717, 1.165) is 37.2 Å². The second-order valence-electron chi connectivity index (χ2n) is 4.97. The van der Waals surface area contributed by atoms with Crippen LogP contribution in [0.2, 0.25) is 0 Å². The first-order valence-corrected chi connectivity index (χ1v) is 6.81. The number of carbonyl (C=O) groups is 1. The summed E-state index contributed by atoms with van der Waals surface area (Å²) in [6.07, 6.45) is 2.54. The molecule has 0 atom stereocenters. The Hall–Kier alpha value is -1.26. The second kappa shape index (κ2) is 8.12. The number of benzene rings is 1. The summed E-state index contributed by atoms with van der Waals surface area (Å²) in [7, 11) is 3.63. The van der Waals surface area contributed by atoms with Crippen molar-refractivity contribution in [2.24, 2.45) is 0 Å². The molecule has 1 aliphatic rings. The van der Waals surface area contributed by atoms with Gasteiger partial charge in [-0.25, -0.2) is 0 Å². The minimum atomic E-state index is 0. The molecule has 5 heteroatoms. The molecule has 0 saturated carbocycles. The Balaban J connectivity index is 0.00000200. The molecule has 0 aromatic heterocycles. The minimum Gasteiger partial charge on any atom is -0.497 e. The van der Waals surface area contributed by atoms with Crippen LogP contribution in [0.5, 0.6) is 5.75 Å². The van der Waals surface area contributed by atoms with Gasteiger partial charge in [-0.3, -0.25) is 4.79 Å². The van der Waals surface area contributed by atoms with Crippen LogP contribution in [0.3, 0.4) is 0 Å². The fraction of sp³-hybridized carbons (Fsp3) is 0.533. The van der Waals surface area contributed by atoms with Crippen molar-refractivity contribution in [3.8, 4) is 5.75 Å². The van der Waals surface area contributed by atoms with Gasteiger partial charge in [-0.05, 0) is 37.6 Å². The standard InChI is InChI=1S/C15H22N2O2.ClH/c1-16-13-6-8-17(9-7-13)15(18)11-12-4-3-5-14(10-12)19-2;/h3-5,10,13,16H,6-9,11H2,1-2H3;1H. The molecule has 1 N–H and O–H groups in total. The zero-order valence-corrected chi connectivity index (χ0v) is 12.9. The Morgan fingerprint density at radius 1 is 1.40 bits per heavy atom. The van der Waals surface area contributed by atoms with Gasteiger partial charge < -0.3 is 15.0 Å². The Kier molecular flexibility index (Phi) is 6.82. The molecular weight excluding hydrogens is 276 g/mol. The molecule has 112 valence electrons. The van der Waals surface area contributed by atoms with Crippen LogP contribution in [0.4, 0.5) is 0 Å². The highest BCUT2D eigenvalue weighted by molar-refractivity contribution is 5.85. The molecule has 1 aromatic rings. The number of halogens is 1. The molecule has 0 aliphatic carbocycles. The van der Waals surface area contributed by atoms with Crippen LogP contribution in [0.1, 0.15) is 18.4 Å². The van der Waals surface area contributed by atoms with E-state index >= 15 is 0 Å². The van der Waals surface area contributed by atoms with E-state index in [1.54, 1.807) is 7.11 Å². The van der Waals surface area contributed by atoms with Crippen LogP contribution in [0, 0.1) is 0 Å². The zero-order chi connectivity index (χ0) is 13.7. The van der Waals surface area contributed by atoms with Crippen molar-refractivity contribution in [2.75, 3.05) is 27.2 Å². The molecule has 1 heterocycles. The molecule has 2 rings (SSSR count). The van der Waals surface area contributed by atoms with Crippen LogP contribution in [0.25, 0.3) is 0 Å². The monoisotopic (exact) mass is 298 g/mol. The largest absolute Gasteiger partial charge is 0.497 e. The van der Waals surface area contributed by atoms with Gasteiger partial charge in [0.25, 0.3) is 0 Å². The van der Waals surface area contributed by atoms with Crippen LogP contribution < -0.4 is 10.1 Å². The van der Waals surface area contributed by atoms with E-state index in [9.17, 15) is 4.79 Å². The van der Waals surface area contributed by atoms with Crippen LogP contribution >= 0.6 is 12.4 Å². The number of rotatable bonds is 4. The first-order chi connectivity index (χ1) is 9.22. The van der Waals surface area contributed by atoms with Gasteiger partial charge in [0.2, 0.25) is 5.91 Å². The summed E-state index contributed by atoms with van der Waals surface area (Å²) in [6.45, 7) is 1.71. The average molecular weight is 299 g/mol. The van der Waals surface area contributed by atoms with Crippen molar-refractivity contribution in [1.29, 1.82) is 0 Å². The van der Waals surface area contributed by atoms with Crippen LogP contribution in [-0.2, 0) is 11.2 Å². The lowest BCUT2D eigenvalue weighted by molar-refractivity contribution is -0.131. The van der Waals surface area contributed by atoms with Gasteiger partial charge in [0, 0.05) is 19.1 Å². The lowest BCUT2D eigenvalue weighted by Gasteiger charge is -2.31. The van der Waals surface area contributed by atoms with Gasteiger partial charge in [0.05, 0.1) is 13.5 Å². The molecule has 20 heavy (non-hydrogen) atoms. The fourth-order valence-electron chi connectivity index (χ4n) is 2.49. The summed E-state index contributed by atoms with van der Waals surface area (Å²) in [4.78, 5) is 14.2. The molecule has 0 radical (unpaired) electrons. The number of carbonyl (C=O) groups excluding carboxylic acids is 1. The van der Waals surface area contributed by atoms with E-state index in [2.05, 4.69) is 5.32 Å². The number of methoxy groups -OCH3 is 1. The molecule has 1 fully saturated rings. The first-order valence-electron chi connectivity index (χ1n) is 6.81. The average Bonchev–Trinajstić information content (AvgIpc) is 2.47. The number of amides is 1. The Morgan fingerprint density at radius 2 is 2.10 bits per heavy atom. The third kappa shape index (κ3) is 4.39. The van der Waals surface area contributed by atoms with E-state index in [0.29, 0.717) is 12.5 Å². The summed E-state index contributed by atoms with van der Waals surface area (Å²) in [5.74, 6) is 1.02. The van der Waals surface area contributed by atoms with Gasteiger partial charge in [0.15, 0.2) is 0 Å². The second-order valence-corrected chi connectivity index (χ2v) is 4.97. The smallest absolute Gasteiger partial charge is 0.226 e. The maximum absolute atomic E-state index is 12.2. The first kappa shape index (κ1) is 16.8. The van der Waals surface area contributed by atoms with Crippen LogP contribution in [0.15, 0.2) is 24.3 Å². The summed E-state index contributed by atoms with van der Waals surface area (Å²) in [5, 5.41) is 3.27. The van der Waals surface area contributed by atoms with E-state index in [1.165, 1.54) is 0 Å². The van der Waals surface area contributed by atoms with E-state index in [4.69, 9.17) is 4.74 Å². The number of piperidine rings is 1. The summed E-state index contributed by atoms with van der Waals surface area (Å²) in [5.41, 5.74) is 1.01. The maximum Gasteiger partial charge on any atom is 0.226 e. The number of hydrogen-bond donors (Lipinski definition) is 1. The predicted octanol–water partition coefficient (Wildman–Crippen LogP) is 1.87. The predicted molar refractivity (Wildman–Crippen MR) is 82.6 cm³/mol. The lowest BCUT2D eigenvalue weighted by Crippen LogP contribution is -2.44. The lowest BCUT2D eigenvalue weighted by atomic mass is 10.0. The van der Waals surface area contributed by atoms with Crippen molar-refractivity contribution in [3.05, 3.63) is 29.8 Å². The van der Waals surface area contributed by atoms with Crippen molar-refractivity contribution < 1.29 is 9.53 Å². The molecule has 0 spiro atoms. The quantitative estimate of drug-likeness (QED) is 0.923. The Labute approximate surface area is 126 Å². The van der Waals surface area contributed by atoms with Gasteiger partial charge in [-0.15, -0.1) is 12.4 Å². The van der Waals surface area contributed by atoms with Crippen molar-refractivity contribution >= 4 is 18.3 Å². The topological polar surface area (TPSA) is 41.6 Å². The van der Waals surface area contributed by atoms with E-state index < -0.39 is 0 Å². The normalized spacial score (nSPS) is 15.6. The van der Waals surface area contributed by atoms with Crippen LogP contribution in [-0.4, -0.2) is 44.1 Å². The third-order valence-corrected chi connectivity index (χ3v) is 3.75. The summed E-state index contributed by atoms with van der Waals surface area (Å²) in [6, 6.07) is 8.28. The molecular formula is C15H23ClN2O2. The Morgan fingerprint density at radius 3 is 2.70 bits per heavy atom. The van der Waals surface area contributed by atoms with Gasteiger partial charge in [-0.1, -0.05) is 12.1 Å². The molecule has 4 nitrogen and oxygen atoms in total. The molecule has 0 bridgehead atoms. The van der Waals surface area contributed by atoms with Gasteiger partial charge in [-0.2, -0.15) is 0 Å².